The number of aromatic nitrogens is 1. The van der Waals surface area contributed by atoms with Crippen LogP contribution in [0.3, 0.4) is 0 Å². The first kappa shape index (κ1) is 15.9. The van der Waals surface area contributed by atoms with Gasteiger partial charge in [0.05, 0.1) is 0 Å². The van der Waals surface area contributed by atoms with Crippen LogP contribution in [-0.2, 0) is 0 Å². The van der Waals surface area contributed by atoms with Crippen molar-refractivity contribution in [2.45, 2.75) is 6.92 Å². The van der Waals surface area contributed by atoms with E-state index in [1.165, 1.54) is 0 Å². The van der Waals surface area contributed by atoms with Crippen LogP contribution in [0.5, 0.6) is 0 Å². The van der Waals surface area contributed by atoms with Crippen molar-refractivity contribution < 1.29 is 0 Å². The Hall–Kier alpha value is -3.64. The highest BCUT2D eigenvalue weighted by Crippen LogP contribution is 2.28. The van der Waals surface area contributed by atoms with Crippen LogP contribution >= 0.6 is 0 Å². The number of aromatic amines is 1. The molecule has 3 aromatic carbocycles. The van der Waals surface area contributed by atoms with E-state index in [1.54, 1.807) is 0 Å². The lowest BCUT2D eigenvalue weighted by Crippen LogP contribution is -2.12. The number of hydrogen-bond acceptors (Lipinski definition) is 2. The molecule has 1 N–H and O–H groups in total. The molecule has 1 aromatic heterocycles. The van der Waals surface area contributed by atoms with Crippen molar-refractivity contribution in [1.29, 1.82) is 5.26 Å². The summed E-state index contributed by atoms with van der Waals surface area (Å²) < 4.78 is 0. The number of H-pyrrole nitrogens is 1. The van der Waals surface area contributed by atoms with E-state index < -0.39 is 0 Å². The van der Waals surface area contributed by atoms with Gasteiger partial charge in [0.25, 0.3) is 5.56 Å². The molecule has 3 nitrogen and oxygen atoms in total. The maximum absolute atomic E-state index is 12.5. The van der Waals surface area contributed by atoms with Gasteiger partial charge in [0.1, 0.15) is 11.6 Å². The number of aryl methyl sites for hydroxylation is 1. The van der Waals surface area contributed by atoms with Gasteiger partial charge in [-0.05, 0) is 41.0 Å². The minimum Gasteiger partial charge on any atom is -0.321 e. The summed E-state index contributed by atoms with van der Waals surface area (Å²) in [5.74, 6) is 0. The predicted octanol–water partition coefficient (Wildman–Crippen LogP) is 5.04. The Morgan fingerprint density at radius 3 is 2.27 bits per heavy atom. The maximum Gasteiger partial charge on any atom is 0.266 e. The SMILES string of the molecule is Cc1ccc(-c2cc(-c3ccc4ccccc4c3)[nH]c(=O)c2C#N)cc1. The molecule has 0 atom stereocenters. The van der Waals surface area contributed by atoms with E-state index in [-0.39, 0.29) is 11.1 Å². The van der Waals surface area contributed by atoms with E-state index in [9.17, 15) is 10.1 Å². The molecular formula is C23H16N2O. The molecule has 4 aromatic rings. The van der Waals surface area contributed by atoms with Crippen molar-refractivity contribution in [2.75, 3.05) is 0 Å². The molecule has 0 aliphatic rings. The monoisotopic (exact) mass is 336 g/mol. The minimum atomic E-state index is -0.367. The van der Waals surface area contributed by atoms with Crippen LogP contribution in [0.4, 0.5) is 0 Å². The number of rotatable bonds is 2. The molecule has 0 aliphatic heterocycles. The summed E-state index contributed by atoms with van der Waals surface area (Å²) in [6.45, 7) is 2.01. The zero-order valence-corrected chi connectivity index (χ0v) is 14.3. The van der Waals surface area contributed by atoms with Crippen molar-refractivity contribution in [1.82, 2.24) is 4.98 Å². The minimum absolute atomic E-state index is 0.137. The first-order valence-electron chi connectivity index (χ1n) is 8.39. The van der Waals surface area contributed by atoms with E-state index in [0.29, 0.717) is 11.3 Å². The molecule has 1 heterocycles. The zero-order chi connectivity index (χ0) is 18.1. The Morgan fingerprint density at radius 1 is 0.846 bits per heavy atom. The second-order valence-electron chi connectivity index (χ2n) is 6.34. The summed E-state index contributed by atoms with van der Waals surface area (Å²) in [4.78, 5) is 15.3. The topological polar surface area (TPSA) is 56.6 Å². The quantitative estimate of drug-likeness (QED) is 0.557. The molecule has 0 saturated heterocycles. The largest absolute Gasteiger partial charge is 0.321 e. The zero-order valence-electron chi connectivity index (χ0n) is 14.3. The molecule has 0 unspecified atom stereocenters. The van der Waals surface area contributed by atoms with E-state index in [4.69, 9.17) is 0 Å². The fraction of sp³-hybridized carbons (Fsp3) is 0.0435. The van der Waals surface area contributed by atoms with Gasteiger partial charge in [-0.3, -0.25) is 4.79 Å². The predicted molar refractivity (Wildman–Crippen MR) is 105 cm³/mol. The second kappa shape index (κ2) is 6.34. The number of nitrogens with zero attached hydrogens (tertiary/aromatic N) is 1. The highest BCUT2D eigenvalue weighted by atomic mass is 16.1. The van der Waals surface area contributed by atoms with Crippen LogP contribution in [0.25, 0.3) is 33.2 Å². The van der Waals surface area contributed by atoms with Crippen molar-refractivity contribution in [3.8, 4) is 28.5 Å². The van der Waals surface area contributed by atoms with Crippen molar-refractivity contribution in [2.24, 2.45) is 0 Å². The third-order valence-electron chi connectivity index (χ3n) is 4.57. The lowest BCUT2D eigenvalue weighted by molar-refractivity contribution is 1.22. The van der Waals surface area contributed by atoms with Gasteiger partial charge in [-0.1, -0.05) is 66.2 Å². The van der Waals surface area contributed by atoms with Gasteiger partial charge in [-0.25, -0.2) is 0 Å². The lowest BCUT2D eigenvalue weighted by atomic mass is 9.97. The molecule has 0 amide bonds. The molecular weight excluding hydrogens is 320 g/mol. The summed E-state index contributed by atoms with van der Waals surface area (Å²) >= 11 is 0. The Morgan fingerprint density at radius 2 is 1.54 bits per heavy atom. The molecule has 3 heteroatoms. The first-order chi connectivity index (χ1) is 12.7. The third kappa shape index (κ3) is 2.78. The van der Waals surface area contributed by atoms with Crippen LogP contribution < -0.4 is 5.56 Å². The maximum atomic E-state index is 12.5. The van der Waals surface area contributed by atoms with Gasteiger partial charge in [-0.2, -0.15) is 5.26 Å². The molecule has 0 fully saturated rings. The summed E-state index contributed by atoms with van der Waals surface area (Å²) in [6, 6.07) is 25.9. The van der Waals surface area contributed by atoms with Gasteiger partial charge < -0.3 is 4.98 Å². The van der Waals surface area contributed by atoms with Gasteiger partial charge >= 0.3 is 0 Å². The number of fused-ring (bicyclic) bond motifs is 1. The molecule has 0 aliphatic carbocycles. The molecule has 26 heavy (non-hydrogen) atoms. The van der Waals surface area contributed by atoms with Crippen molar-refractivity contribution in [3.05, 3.63) is 94.3 Å². The van der Waals surface area contributed by atoms with Crippen LogP contribution in [0.1, 0.15) is 11.1 Å². The Labute approximate surface area is 151 Å². The molecule has 4 rings (SSSR count). The van der Waals surface area contributed by atoms with Crippen LogP contribution in [0.15, 0.2) is 77.6 Å². The smallest absolute Gasteiger partial charge is 0.266 e. The third-order valence-corrected chi connectivity index (χ3v) is 4.57. The highest BCUT2D eigenvalue weighted by Gasteiger charge is 2.12. The Bertz CT molecular complexity index is 1210. The number of nitrogens with one attached hydrogen (secondary N) is 1. The van der Waals surface area contributed by atoms with Gasteiger partial charge in [0.15, 0.2) is 0 Å². The van der Waals surface area contributed by atoms with E-state index in [2.05, 4.69) is 11.1 Å². The average molecular weight is 336 g/mol. The van der Waals surface area contributed by atoms with Crippen LogP contribution in [-0.4, -0.2) is 4.98 Å². The average Bonchev–Trinajstić information content (AvgIpc) is 2.67. The summed E-state index contributed by atoms with van der Waals surface area (Å²) in [6.07, 6.45) is 0. The molecule has 0 bridgehead atoms. The molecule has 0 radical (unpaired) electrons. The second-order valence-corrected chi connectivity index (χ2v) is 6.34. The lowest BCUT2D eigenvalue weighted by Gasteiger charge is -2.09. The van der Waals surface area contributed by atoms with Gasteiger partial charge in [-0.15, -0.1) is 0 Å². The van der Waals surface area contributed by atoms with Crippen molar-refractivity contribution in [3.63, 3.8) is 0 Å². The van der Waals surface area contributed by atoms with Crippen LogP contribution in [0.2, 0.25) is 0 Å². The molecule has 124 valence electrons. The number of hydrogen-bond donors (Lipinski definition) is 1. The molecule has 0 saturated carbocycles. The first-order valence-corrected chi connectivity index (χ1v) is 8.39. The number of benzene rings is 3. The van der Waals surface area contributed by atoms with Crippen molar-refractivity contribution >= 4 is 10.8 Å². The fourth-order valence-electron chi connectivity index (χ4n) is 3.14. The number of nitriles is 1. The summed E-state index contributed by atoms with van der Waals surface area (Å²) in [7, 11) is 0. The number of pyridine rings is 1. The Balaban J connectivity index is 1.93. The van der Waals surface area contributed by atoms with Gasteiger partial charge in [0.2, 0.25) is 0 Å². The Kier molecular flexibility index (Phi) is 3.87. The van der Waals surface area contributed by atoms with E-state index in [0.717, 1.165) is 27.5 Å². The van der Waals surface area contributed by atoms with E-state index in [1.807, 2.05) is 79.7 Å². The standard InChI is InChI=1S/C23H16N2O/c1-15-6-8-17(9-7-15)20-13-22(25-23(26)21(20)14-24)19-11-10-16-4-2-3-5-18(16)12-19/h2-13H,1H3,(H,25,26). The summed E-state index contributed by atoms with van der Waals surface area (Å²) in [5.41, 5.74) is 4.03. The highest BCUT2D eigenvalue weighted by molar-refractivity contribution is 5.87. The van der Waals surface area contributed by atoms with Gasteiger partial charge in [0, 0.05) is 11.3 Å². The normalized spacial score (nSPS) is 10.6. The summed E-state index contributed by atoms with van der Waals surface area (Å²) in [5, 5.41) is 11.7. The van der Waals surface area contributed by atoms with Crippen LogP contribution in [0, 0.1) is 18.3 Å². The van der Waals surface area contributed by atoms with E-state index >= 15 is 0 Å². The fourth-order valence-corrected chi connectivity index (χ4v) is 3.14. The molecule has 0 spiro atoms.